The highest BCUT2D eigenvalue weighted by Gasteiger charge is 2.30. The first-order chi connectivity index (χ1) is 20.2. The second kappa shape index (κ2) is 14.3. The molecule has 4 rings (SSSR count). The molecule has 0 saturated heterocycles. The molecule has 0 atom stereocenters. The lowest BCUT2D eigenvalue weighted by atomic mass is 10.1. The minimum Gasteiger partial charge on any atom is -0.345 e. The Kier molecular flexibility index (Phi) is 10.4. The van der Waals surface area contributed by atoms with E-state index in [-0.39, 0.29) is 44.4 Å². The Labute approximate surface area is 244 Å². The van der Waals surface area contributed by atoms with E-state index in [1.165, 1.54) is 11.0 Å². The van der Waals surface area contributed by atoms with Crippen LogP contribution in [-0.2, 0) is 41.8 Å². The molecule has 0 bridgehead atoms. The van der Waals surface area contributed by atoms with Crippen LogP contribution in [-0.4, -0.2) is 39.3 Å². The lowest BCUT2D eigenvalue weighted by Gasteiger charge is -2.28. The molecule has 0 fully saturated rings. The number of aromatic nitrogens is 1. The molecular weight excluding hydrogens is 539 g/mol. The molecule has 0 unspecified atom stereocenters. The number of hydrogen-bond donors (Lipinski definition) is 0. The highest BCUT2D eigenvalue weighted by molar-refractivity contribution is 5.85. The lowest BCUT2D eigenvalue weighted by Crippen LogP contribution is -2.42. The van der Waals surface area contributed by atoms with E-state index in [2.05, 4.69) is 6.58 Å². The summed E-state index contributed by atoms with van der Waals surface area (Å²) >= 11 is 0. The molecule has 42 heavy (non-hydrogen) atoms. The summed E-state index contributed by atoms with van der Waals surface area (Å²) in [5.41, 5.74) is 2.54. The van der Waals surface area contributed by atoms with Gasteiger partial charge in [0.15, 0.2) is 0 Å². The zero-order chi connectivity index (χ0) is 30.0. The Morgan fingerprint density at radius 3 is 2.10 bits per heavy atom. The molecule has 4 aromatic rings. The Bertz CT molecular complexity index is 1470. The first-order valence-corrected chi connectivity index (χ1v) is 13.8. The van der Waals surface area contributed by atoms with Gasteiger partial charge in [0, 0.05) is 37.9 Å². The van der Waals surface area contributed by atoms with Crippen molar-refractivity contribution in [3.05, 3.63) is 144 Å². The summed E-state index contributed by atoms with van der Waals surface area (Å²) in [7, 11) is 0. The van der Waals surface area contributed by atoms with Gasteiger partial charge in [0.2, 0.25) is 11.8 Å². The van der Waals surface area contributed by atoms with E-state index in [0.717, 1.165) is 29.0 Å². The fourth-order valence-corrected chi connectivity index (χ4v) is 4.75. The summed E-state index contributed by atoms with van der Waals surface area (Å²) in [4.78, 5) is 30.0. The zero-order valence-electron chi connectivity index (χ0n) is 23.3. The predicted molar refractivity (Wildman–Crippen MR) is 157 cm³/mol. The minimum atomic E-state index is -4.43. The van der Waals surface area contributed by atoms with E-state index in [0.29, 0.717) is 18.5 Å². The van der Waals surface area contributed by atoms with Crippen LogP contribution in [0, 0.1) is 0 Å². The van der Waals surface area contributed by atoms with Crippen LogP contribution in [0.5, 0.6) is 0 Å². The van der Waals surface area contributed by atoms with Crippen LogP contribution in [0.2, 0.25) is 0 Å². The van der Waals surface area contributed by atoms with Crippen LogP contribution in [0.25, 0.3) is 0 Å². The van der Waals surface area contributed by atoms with Gasteiger partial charge in [-0.1, -0.05) is 78.9 Å². The second-order valence-corrected chi connectivity index (χ2v) is 10.1. The third kappa shape index (κ3) is 8.70. The molecule has 0 aliphatic rings. The first kappa shape index (κ1) is 30.4. The molecule has 0 saturated carbocycles. The van der Waals surface area contributed by atoms with Crippen LogP contribution in [0.1, 0.15) is 34.4 Å². The topological polar surface area (TPSA) is 45.6 Å². The molecule has 0 N–H and O–H groups in total. The number of nitrogens with zero attached hydrogens (tertiary/aromatic N) is 3. The number of aryl methyl sites for hydroxylation is 1. The van der Waals surface area contributed by atoms with Crippen LogP contribution in [0.4, 0.5) is 13.2 Å². The summed E-state index contributed by atoms with van der Waals surface area (Å²) in [5, 5.41) is 0. The van der Waals surface area contributed by atoms with E-state index in [9.17, 15) is 22.8 Å². The maximum Gasteiger partial charge on any atom is 0.416 e. The number of carbonyl (C=O) groups excluding carboxylic acids is 2. The number of benzene rings is 3. The van der Waals surface area contributed by atoms with Crippen LogP contribution in [0.15, 0.2) is 116 Å². The highest BCUT2D eigenvalue weighted by Crippen LogP contribution is 2.29. The molecular formula is C34H34F3N3O2. The fraction of sp³-hybridized carbons (Fsp3) is 0.235. The summed E-state index contributed by atoms with van der Waals surface area (Å²) in [6, 6.07) is 28.1. The van der Waals surface area contributed by atoms with Crippen molar-refractivity contribution in [2.75, 3.05) is 13.1 Å². The molecule has 8 heteroatoms. The van der Waals surface area contributed by atoms with Gasteiger partial charge in [-0.05, 0) is 47.4 Å². The van der Waals surface area contributed by atoms with Crippen molar-refractivity contribution < 1.29 is 22.8 Å². The Balaban J connectivity index is 1.51. The van der Waals surface area contributed by atoms with E-state index >= 15 is 0 Å². The standard InChI is InChI=1S/C34H34F3N3O2/c1-2-20-39(32(41)19-18-27-11-5-3-6-12-27)26-33(42)40(23-28-13-7-4-8-14-28)25-31-17-10-21-38(31)24-29-15-9-16-30(22-29)34(35,36)37/h2-17,21-22H,1,18-20,23-26H2. The molecule has 5 nitrogen and oxygen atoms in total. The second-order valence-electron chi connectivity index (χ2n) is 10.1. The van der Waals surface area contributed by atoms with Crippen molar-refractivity contribution in [1.29, 1.82) is 0 Å². The van der Waals surface area contributed by atoms with E-state index in [4.69, 9.17) is 0 Å². The van der Waals surface area contributed by atoms with Gasteiger partial charge in [-0.25, -0.2) is 0 Å². The van der Waals surface area contributed by atoms with Crippen molar-refractivity contribution in [2.24, 2.45) is 0 Å². The van der Waals surface area contributed by atoms with Gasteiger partial charge in [0.25, 0.3) is 0 Å². The first-order valence-electron chi connectivity index (χ1n) is 13.8. The van der Waals surface area contributed by atoms with E-state index < -0.39 is 11.7 Å². The lowest BCUT2D eigenvalue weighted by molar-refractivity contribution is -0.140. The number of amides is 2. The normalized spacial score (nSPS) is 11.2. The molecule has 218 valence electrons. The fourth-order valence-electron chi connectivity index (χ4n) is 4.75. The number of carbonyl (C=O) groups is 2. The summed E-state index contributed by atoms with van der Waals surface area (Å²) in [5.74, 6) is -0.375. The average Bonchev–Trinajstić information content (AvgIpc) is 3.42. The maximum atomic E-state index is 13.7. The van der Waals surface area contributed by atoms with Gasteiger partial charge in [0.1, 0.15) is 6.54 Å². The van der Waals surface area contributed by atoms with Crippen LogP contribution < -0.4 is 0 Å². The van der Waals surface area contributed by atoms with Gasteiger partial charge in [0.05, 0.1) is 12.1 Å². The van der Waals surface area contributed by atoms with Crippen molar-refractivity contribution in [2.45, 2.75) is 38.7 Å². The third-order valence-electron chi connectivity index (χ3n) is 6.95. The van der Waals surface area contributed by atoms with E-state index in [1.807, 2.05) is 77.4 Å². The van der Waals surface area contributed by atoms with E-state index in [1.54, 1.807) is 23.2 Å². The largest absolute Gasteiger partial charge is 0.416 e. The number of rotatable bonds is 13. The molecule has 2 amide bonds. The number of halogens is 3. The zero-order valence-corrected chi connectivity index (χ0v) is 23.3. The number of hydrogen-bond acceptors (Lipinski definition) is 2. The molecule has 3 aromatic carbocycles. The van der Waals surface area contributed by atoms with Crippen molar-refractivity contribution in [1.82, 2.24) is 14.4 Å². The number of alkyl halides is 3. The maximum absolute atomic E-state index is 13.7. The van der Waals surface area contributed by atoms with Crippen LogP contribution >= 0.6 is 0 Å². The Morgan fingerprint density at radius 2 is 1.43 bits per heavy atom. The molecule has 0 spiro atoms. The summed E-state index contributed by atoms with van der Waals surface area (Å²) < 4.78 is 41.6. The van der Waals surface area contributed by atoms with Gasteiger partial charge in [-0.15, -0.1) is 6.58 Å². The van der Waals surface area contributed by atoms with Crippen molar-refractivity contribution in [3.63, 3.8) is 0 Å². The summed E-state index contributed by atoms with van der Waals surface area (Å²) in [6.45, 7) is 4.65. The Morgan fingerprint density at radius 1 is 0.762 bits per heavy atom. The smallest absolute Gasteiger partial charge is 0.345 e. The molecule has 0 aliphatic heterocycles. The van der Waals surface area contributed by atoms with Crippen molar-refractivity contribution >= 4 is 11.8 Å². The SMILES string of the molecule is C=CCN(CC(=O)N(Cc1ccccc1)Cc1cccn1Cc1cccc(C(F)(F)F)c1)C(=O)CCc1ccccc1. The molecule has 0 radical (unpaired) electrons. The van der Waals surface area contributed by atoms with Crippen LogP contribution in [0.3, 0.4) is 0 Å². The molecule has 1 heterocycles. The quantitative estimate of drug-likeness (QED) is 0.167. The average molecular weight is 574 g/mol. The van der Waals surface area contributed by atoms with Gasteiger partial charge in [-0.3, -0.25) is 9.59 Å². The molecule has 0 aliphatic carbocycles. The monoisotopic (exact) mass is 573 g/mol. The third-order valence-corrected chi connectivity index (χ3v) is 6.95. The summed E-state index contributed by atoms with van der Waals surface area (Å²) in [6.07, 6.45) is -0.195. The highest BCUT2D eigenvalue weighted by atomic mass is 19.4. The van der Waals surface area contributed by atoms with Gasteiger partial charge >= 0.3 is 6.18 Å². The van der Waals surface area contributed by atoms with Gasteiger partial charge < -0.3 is 14.4 Å². The minimum absolute atomic E-state index is 0.110. The predicted octanol–water partition coefficient (Wildman–Crippen LogP) is 6.73. The Hall–Kier alpha value is -4.59. The van der Waals surface area contributed by atoms with Gasteiger partial charge in [-0.2, -0.15) is 13.2 Å². The molecule has 1 aromatic heterocycles. The van der Waals surface area contributed by atoms with Crippen molar-refractivity contribution in [3.8, 4) is 0 Å².